The van der Waals surface area contributed by atoms with Gasteiger partial charge in [0.1, 0.15) is 11.6 Å². The van der Waals surface area contributed by atoms with Crippen LogP contribution in [0.25, 0.3) is 11.9 Å². The van der Waals surface area contributed by atoms with Gasteiger partial charge in [0.05, 0.1) is 26.1 Å². The number of hydrogen-bond donors (Lipinski definition) is 1. The van der Waals surface area contributed by atoms with Crippen LogP contribution in [0.1, 0.15) is 11.4 Å². The molecule has 3 aromatic rings. The van der Waals surface area contributed by atoms with E-state index in [1.807, 2.05) is 29.8 Å². The van der Waals surface area contributed by atoms with Crippen LogP contribution in [0.3, 0.4) is 0 Å². The highest BCUT2D eigenvalue weighted by Gasteiger charge is 2.05. The number of aryl methyl sites for hydroxylation is 1. The van der Waals surface area contributed by atoms with Crippen LogP contribution in [0.4, 0.5) is 5.69 Å². The van der Waals surface area contributed by atoms with Crippen molar-refractivity contribution in [1.82, 2.24) is 14.5 Å². The van der Waals surface area contributed by atoms with Crippen LogP contribution in [0.5, 0.6) is 11.5 Å². The summed E-state index contributed by atoms with van der Waals surface area (Å²) in [6.45, 7) is 1.90. The van der Waals surface area contributed by atoms with Gasteiger partial charge in [-0.2, -0.15) is 0 Å². The monoisotopic (exact) mass is 364 g/mol. The third-order valence-electron chi connectivity index (χ3n) is 3.92. The molecule has 2 aromatic heterocycles. The lowest BCUT2D eigenvalue weighted by Crippen LogP contribution is -2.08. The number of imidazole rings is 1. The van der Waals surface area contributed by atoms with Crippen molar-refractivity contribution in [2.24, 2.45) is 0 Å². The van der Waals surface area contributed by atoms with Crippen molar-refractivity contribution >= 4 is 17.7 Å². The minimum Gasteiger partial charge on any atom is -0.493 e. The Morgan fingerprint density at radius 3 is 2.56 bits per heavy atom. The largest absolute Gasteiger partial charge is 0.493 e. The van der Waals surface area contributed by atoms with E-state index in [1.54, 1.807) is 50.9 Å². The molecule has 0 saturated heterocycles. The Labute approximate surface area is 157 Å². The zero-order valence-corrected chi connectivity index (χ0v) is 15.3. The van der Waals surface area contributed by atoms with Gasteiger partial charge in [0.2, 0.25) is 5.91 Å². The summed E-state index contributed by atoms with van der Waals surface area (Å²) in [5.74, 6) is 2.58. The Morgan fingerprint density at radius 1 is 1.11 bits per heavy atom. The minimum absolute atomic E-state index is 0.252. The van der Waals surface area contributed by atoms with Crippen LogP contribution in [0, 0.1) is 6.92 Å². The van der Waals surface area contributed by atoms with Crippen LogP contribution in [-0.4, -0.2) is 34.7 Å². The summed E-state index contributed by atoms with van der Waals surface area (Å²) in [6.07, 6.45) is 8.31. The molecular formula is C20H20N4O3. The van der Waals surface area contributed by atoms with E-state index in [4.69, 9.17) is 9.47 Å². The highest BCUT2D eigenvalue weighted by Crippen LogP contribution is 2.27. The second-order valence-electron chi connectivity index (χ2n) is 5.69. The second-order valence-corrected chi connectivity index (χ2v) is 5.69. The van der Waals surface area contributed by atoms with E-state index >= 15 is 0 Å². The maximum atomic E-state index is 12.1. The van der Waals surface area contributed by atoms with Crippen LogP contribution in [0.2, 0.25) is 0 Å². The first-order chi connectivity index (χ1) is 13.1. The Kier molecular flexibility index (Phi) is 5.51. The van der Waals surface area contributed by atoms with Gasteiger partial charge >= 0.3 is 0 Å². The molecule has 3 rings (SSSR count). The summed E-state index contributed by atoms with van der Waals surface area (Å²) >= 11 is 0. The molecule has 27 heavy (non-hydrogen) atoms. The molecule has 0 radical (unpaired) electrons. The van der Waals surface area contributed by atoms with Crippen molar-refractivity contribution in [3.8, 4) is 17.3 Å². The summed E-state index contributed by atoms with van der Waals surface area (Å²) < 4.78 is 12.3. The number of rotatable bonds is 6. The molecule has 0 spiro atoms. The zero-order chi connectivity index (χ0) is 19.2. The highest BCUT2D eigenvalue weighted by atomic mass is 16.5. The fourth-order valence-electron chi connectivity index (χ4n) is 2.53. The Morgan fingerprint density at radius 2 is 1.93 bits per heavy atom. The van der Waals surface area contributed by atoms with Crippen LogP contribution < -0.4 is 14.8 Å². The predicted octanol–water partition coefficient (Wildman–Crippen LogP) is 3.24. The van der Waals surface area contributed by atoms with E-state index in [2.05, 4.69) is 15.3 Å². The molecule has 0 aliphatic rings. The Bertz CT molecular complexity index is 962. The van der Waals surface area contributed by atoms with Gasteiger partial charge in [0.25, 0.3) is 0 Å². The standard InChI is InChI=1S/C20H20N4O3/c1-14-21-10-11-24(14)19-8-6-16(13-22-19)23-20(25)9-5-15-4-7-17(26-2)18(12-15)27-3/h4-13H,1-3H3,(H,23,25)/b9-5+. The summed E-state index contributed by atoms with van der Waals surface area (Å²) in [6, 6.07) is 9.05. The second kappa shape index (κ2) is 8.18. The number of carbonyl (C=O) groups is 1. The lowest BCUT2D eigenvalue weighted by molar-refractivity contribution is -0.111. The molecule has 0 saturated carbocycles. The number of aromatic nitrogens is 3. The van der Waals surface area contributed by atoms with Gasteiger partial charge in [-0.1, -0.05) is 6.07 Å². The number of pyridine rings is 1. The molecule has 7 nitrogen and oxygen atoms in total. The number of methoxy groups -OCH3 is 2. The first-order valence-corrected chi connectivity index (χ1v) is 8.28. The summed E-state index contributed by atoms with van der Waals surface area (Å²) in [7, 11) is 3.15. The molecule has 1 N–H and O–H groups in total. The number of carbonyl (C=O) groups excluding carboxylic acids is 1. The van der Waals surface area contributed by atoms with E-state index in [0.717, 1.165) is 17.2 Å². The van der Waals surface area contributed by atoms with Crippen LogP contribution >= 0.6 is 0 Å². The fraction of sp³-hybridized carbons (Fsp3) is 0.150. The van der Waals surface area contributed by atoms with Crippen LogP contribution in [0.15, 0.2) is 55.0 Å². The Balaban J connectivity index is 1.65. The van der Waals surface area contributed by atoms with E-state index in [0.29, 0.717) is 17.2 Å². The predicted molar refractivity (Wildman–Crippen MR) is 103 cm³/mol. The quantitative estimate of drug-likeness (QED) is 0.680. The van der Waals surface area contributed by atoms with Crippen molar-refractivity contribution in [3.63, 3.8) is 0 Å². The number of ether oxygens (including phenoxy) is 2. The van der Waals surface area contributed by atoms with Gasteiger partial charge < -0.3 is 14.8 Å². The molecule has 0 unspecified atom stereocenters. The summed E-state index contributed by atoms with van der Waals surface area (Å²) in [4.78, 5) is 20.7. The SMILES string of the molecule is COc1ccc(/C=C/C(=O)Nc2ccc(-n3ccnc3C)nc2)cc1OC. The molecule has 0 bridgehead atoms. The average Bonchev–Trinajstić information content (AvgIpc) is 3.12. The van der Waals surface area contributed by atoms with Gasteiger partial charge in [0.15, 0.2) is 11.5 Å². The molecule has 0 fully saturated rings. The average molecular weight is 364 g/mol. The van der Waals surface area contributed by atoms with Gasteiger partial charge in [-0.3, -0.25) is 9.36 Å². The molecule has 138 valence electrons. The van der Waals surface area contributed by atoms with Crippen molar-refractivity contribution in [2.75, 3.05) is 19.5 Å². The van der Waals surface area contributed by atoms with Crippen molar-refractivity contribution in [2.45, 2.75) is 6.92 Å². The van der Waals surface area contributed by atoms with Crippen molar-refractivity contribution < 1.29 is 14.3 Å². The van der Waals surface area contributed by atoms with Gasteiger partial charge in [-0.15, -0.1) is 0 Å². The first-order valence-electron chi connectivity index (χ1n) is 8.28. The molecule has 7 heteroatoms. The maximum Gasteiger partial charge on any atom is 0.248 e. The molecule has 2 heterocycles. The minimum atomic E-state index is -0.252. The molecule has 0 aliphatic carbocycles. The summed E-state index contributed by atoms with van der Waals surface area (Å²) in [5.41, 5.74) is 1.44. The molecule has 0 aliphatic heterocycles. The number of nitrogens with one attached hydrogen (secondary N) is 1. The zero-order valence-electron chi connectivity index (χ0n) is 15.3. The number of amides is 1. The third kappa shape index (κ3) is 4.33. The molecule has 0 atom stereocenters. The van der Waals surface area contributed by atoms with Crippen molar-refractivity contribution in [3.05, 3.63) is 66.4 Å². The smallest absolute Gasteiger partial charge is 0.248 e. The fourth-order valence-corrected chi connectivity index (χ4v) is 2.53. The number of nitrogens with zero attached hydrogens (tertiary/aromatic N) is 3. The van der Waals surface area contributed by atoms with E-state index in [1.165, 1.54) is 6.08 Å². The number of hydrogen-bond acceptors (Lipinski definition) is 5. The third-order valence-corrected chi connectivity index (χ3v) is 3.92. The lowest BCUT2D eigenvalue weighted by atomic mass is 10.2. The maximum absolute atomic E-state index is 12.1. The Hall–Kier alpha value is -3.61. The number of benzene rings is 1. The van der Waals surface area contributed by atoms with Crippen molar-refractivity contribution in [1.29, 1.82) is 0 Å². The van der Waals surface area contributed by atoms with Crippen LogP contribution in [-0.2, 0) is 4.79 Å². The van der Waals surface area contributed by atoms with E-state index in [-0.39, 0.29) is 5.91 Å². The van der Waals surface area contributed by atoms with Gasteiger partial charge in [-0.05, 0) is 42.8 Å². The van der Waals surface area contributed by atoms with E-state index in [9.17, 15) is 4.79 Å². The molecule has 1 aromatic carbocycles. The normalized spacial score (nSPS) is 10.8. The van der Waals surface area contributed by atoms with Gasteiger partial charge in [0, 0.05) is 18.5 Å². The van der Waals surface area contributed by atoms with Gasteiger partial charge in [-0.25, -0.2) is 9.97 Å². The topological polar surface area (TPSA) is 78.3 Å². The molecular weight excluding hydrogens is 344 g/mol. The van der Waals surface area contributed by atoms with E-state index < -0.39 is 0 Å². The highest BCUT2D eigenvalue weighted by molar-refractivity contribution is 6.01. The summed E-state index contributed by atoms with van der Waals surface area (Å²) in [5, 5.41) is 2.78. The first kappa shape index (κ1) is 18.2. The lowest BCUT2D eigenvalue weighted by Gasteiger charge is -2.08. The number of anilines is 1. The molecule has 1 amide bonds.